The van der Waals surface area contributed by atoms with Gasteiger partial charge in [0.2, 0.25) is 0 Å². The van der Waals surface area contributed by atoms with Gasteiger partial charge < -0.3 is 14.7 Å². The van der Waals surface area contributed by atoms with Gasteiger partial charge in [-0.3, -0.25) is 0 Å². The Kier molecular flexibility index (Phi) is 4.83. The number of hydrogen-bond donors (Lipinski definition) is 1. The Morgan fingerprint density at radius 2 is 2.05 bits per heavy atom. The molecule has 19 heavy (non-hydrogen) atoms. The van der Waals surface area contributed by atoms with Gasteiger partial charge in [-0.25, -0.2) is 0 Å². The van der Waals surface area contributed by atoms with Gasteiger partial charge in [0, 0.05) is 37.4 Å². The minimum Gasteiger partial charge on any atom is -0.396 e. The number of anilines is 1. The van der Waals surface area contributed by atoms with Crippen LogP contribution in [0.1, 0.15) is 25.3 Å². The molecule has 1 aromatic rings. The average molecular weight is 263 g/mol. The van der Waals surface area contributed by atoms with Crippen molar-refractivity contribution in [2.45, 2.75) is 26.7 Å². The van der Waals surface area contributed by atoms with Crippen LogP contribution in [0.2, 0.25) is 0 Å². The molecule has 0 unspecified atom stereocenters. The molecule has 106 valence electrons. The Labute approximate surface area is 116 Å². The van der Waals surface area contributed by atoms with Crippen molar-refractivity contribution in [1.29, 1.82) is 0 Å². The van der Waals surface area contributed by atoms with Crippen molar-refractivity contribution in [2.75, 3.05) is 37.8 Å². The lowest BCUT2D eigenvalue weighted by Gasteiger charge is -2.40. The van der Waals surface area contributed by atoms with E-state index in [1.54, 1.807) is 0 Å². The number of nitrogens with zero attached hydrogens (tertiary/aromatic N) is 1. The molecule has 2 rings (SSSR count). The minimum absolute atomic E-state index is 0.00198. The quantitative estimate of drug-likeness (QED) is 0.886. The fourth-order valence-electron chi connectivity index (χ4n) is 2.79. The maximum absolute atomic E-state index is 9.81. The number of hydrogen-bond acceptors (Lipinski definition) is 3. The summed E-state index contributed by atoms with van der Waals surface area (Å²) in [4.78, 5) is 2.37. The average Bonchev–Trinajstić information content (AvgIpc) is 2.46. The van der Waals surface area contributed by atoms with E-state index in [0.717, 1.165) is 39.1 Å². The summed E-state index contributed by atoms with van der Waals surface area (Å²) in [5, 5.41) is 9.81. The smallest absolute Gasteiger partial charge is 0.0506 e. The molecule has 3 heteroatoms. The lowest BCUT2D eigenvalue weighted by Crippen LogP contribution is -2.44. The van der Waals surface area contributed by atoms with Crippen molar-refractivity contribution in [3.63, 3.8) is 0 Å². The normalized spacial score (nSPS) is 18.3. The Morgan fingerprint density at radius 3 is 2.63 bits per heavy atom. The first-order valence-corrected chi connectivity index (χ1v) is 7.19. The molecule has 0 atom stereocenters. The largest absolute Gasteiger partial charge is 0.396 e. The van der Waals surface area contributed by atoms with Crippen molar-refractivity contribution < 1.29 is 9.84 Å². The van der Waals surface area contributed by atoms with E-state index in [1.165, 1.54) is 11.3 Å². The Morgan fingerprint density at radius 1 is 1.32 bits per heavy atom. The number of aliphatic hydroxyl groups is 1. The highest BCUT2D eigenvalue weighted by molar-refractivity contribution is 5.48. The van der Waals surface area contributed by atoms with Crippen molar-refractivity contribution in [3.8, 4) is 0 Å². The van der Waals surface area contributed by atoms with Gasteiger partial charge in [0.05, 0.1) is 6.61 Å². The highest BCUT2D eigenvalue weighted by atomic mass is 16.5. The number of aliphatic hydroxyl groups excluding tert-OH is 1. The topological polar surface area (TPSA) is 32.7 Å². The third kappa shape index (κ3) is 3.48. The predicted octanol–water partition coefficient (Wildman–Crippen LogP) is 2.61. The fourth-order valence-corrected chi connectivity index (χ4v) is 2.79. The first-order valence-electron chi connectivity index (χ1n) is 7.19. The van der Waals surface area contributed by atoms with Crippen LogP contribution in [0.5, 0.6) is 0 Å². The van der Waals surface area contributed by atoms with E-state index >= 15 is 0 Å². The monoisotopic (exact) mass is 263 g/mol. The molecule has 1 aliphatic rings. The first-order chi connectivity index (χ1) is 9.19. The molecule has 0 saturated carbocycles. The van der Waals surface area contributed by atoms with Gasteiger partial charge in [-0.2, -0.15) is 0 Å². The lowest BCUT2D eigenvalue weighted by atomic mass is 9.80. The number of rotatable bonds is 5. The summed E-state index contributed by atoms with van der Waals surface area (Å²) >= 11 is 0. The van der Waals surface area contributed by atoms with Gasteiger partial charge in [-0.15, -0.1) is 0 Å². The molecule has 0 amide bonds. The number of aryl methyl sites for hydroxylation is 1. The number of ether oxygens (including phenoxy) is 1. The second-order valence-corrected chi connectivity index (χ2v) is 5.62. The van der Waals surface area contributed by atoms with Crippen LogP contribution in [0.25, 0.3) is 0 Å². The van der Waals surface area contributed by atoms with Gasteiger partial charge in [0.15, 0.2) is 0 Å². The SMILES string of the molecule is CCN(CC1(CO)CCOCC1)c1cccc(C)c1. The van der Waals surface area contributed by atoms with Crippen molar-refractivity contribution in [1.82, 2.24) is 0 Å². The molecule has 1 saturated heterocycles. The second kappa shape index (κ2) is 6.40. The Balaban J connectivity index is 2.13. The van der Waals surface area contributed by atoms with Gasteiger partial charge in [-0.1, -0.05) is 12.1 Å². The molecule has 0 aromatic heterocycles. The molecule has 0 aliphatic carbocycles. The van der Waals surface area contributed by atoms with E-state index < -0.39 is 0 Å². The van der Waals surface area contributed by atoms with Gasteiger partial charge in [0.1, 0.15) is 0 Å². The predicted molar refractivity (Wildman–Crippen MR) is 78.6 cm³/mol. The van der Waals surface area contributed by atoms with E-state index in [4.69, 9.17) is 4.74 Å². The molecule has 0 bridgehead atoms. The molecular weight excluding hydrogens is 238 g/mol. The molecule has 0 spiro atoms. The minimum atomic E-state index is -0.00198. The van der Waals surface area contributed by atoms with E-state index in [2.05, 4.69) is 43.0 Å². The van der Waals surface area contributed by atoms with Gasteiger partial charge in [-0.05, 0) is 44.4 Å². The van der Waals surface area contributed by atoms with Crippen LogP contribution in [-0.4, -0.2) is 38.0 Å². The Hall–Kier alpha value is -1.06. The van der Waals surface area contributed by atoms with E-state index in [1.807, 2.05) is 0 Å². The van der Waals surface area contributed by atoms with Gasteiger partial charge >= 0.3 is 0 Å². The van der Waals surface area contributed by atoms with Crippen LogP contribution in [-0.2, 0) is 4.74 Å². The molecule has 3 nitrogen and oxygen atoms in total. The summed E-state index contributed by atoms with van der Waals surface area (Å²) in [6.07, 6.45) is 1.90. The third-order valence-electron chi connectivity index (χ3n) is 4.16. The third-order valence-corrected chi connectivity index (χ3v) is 4.16. The van der Waals surface area contributed by atoms with E-state index in [0.29, 0.717) is 0 Å². The lowest BCUT2D eigenvalue weighted by molar-refractivity contribution is -0.0117. The first kappa shape index (κ1) is 14.4. The van der Waals surface area contributed by atoms with Crippen LogP contribution >= 0.6 is 0 Å². The molecule has 1 aromatic carbocycles. The van der Waals surface area contributed by atoms with Crippen LogP contribution < -0.4 is 4.90 Å². The summed E-state index contributed by atoms with van der Waals surface area (Å²) < 4.78 is 5.44. The Bertz CT molecular complexity index is 399. The summed E-state index contributed by atoms with van der Waals surface area (Å²) in [6.45, 7) is 7.95. The molecule has 0 radical (unpaired) electrons. The second-order valence-electron chi connectivity index (χ2n) is 5.62. The molecular formula is C16H25NO2. The maximum atomic E-state index is 9.81. The summed E-state index contributed by atoms with van der Waals surface area (Å²) in [7, 11) is 0. The van der Waals surface area contributed by atoms with Crippen LogP contribution in [0.3, 0.4) is 0 Å². The molecule has 1 heterocycles. The van der Waals surface area contributed by atoms with Crippen LogP contribution in [0.4, 0.5) is 5.69 Å². The highest BCUT2D eigenvalue weighted by Gasteiger charge is 2.33. The van der Waals surface area contributed by atoms with Crippen molar-refractivity contribution in [2.24, 2.45) is 5.41 Å². The summed E-state index contributed by atoms with van der Waals surface area (Å²) in [5.74, 6) is 0. The molecule has 1 N–H and O–H groups in total. The van der Waals surface area contributed by atoms with Crippen LogP contribution in [0.15, 0.2) is 24.3 Å². The van der Waals surface area contributed by atoms with Crippen LogP contribution in [0, 0.1) is 12.3 Å². The van der Waals surface area contributed by atoms with Crippen molar-refractivity contribution in [3.05, 3.63) is 29.8 Å². The zero-order chi connectivity index (χ0) is 13.7. The standard InChI is InChI=1S/C16H25NO2/c1-3-17(15-6-4-5-14(2)11-15)12-16(13-18)7-9-19-10-8-16/h4-6,11,18H,3,7-10,12-13H2,1-2H3. The summed E-state index contributed by atoms with van der Waals surface area (Å²) in [6, 6.07) is 8.59. The maximum Gasteiger partial charge on any atom is 0.0506 e. The highest BCUT2D eigenvalue weighted by Crippen LogP contribution is 2.32. The van der Waals surface area contributed by atoms with Gasteiger partial charge in [0.25, 0.3) is 0 Å². The molecule has 1 fully saturated rings. The fraction of sp³-hybridized carbons (Fsp3) is 0.625. The molecule has 1 aliphatic heterocycles. The van der Waals surface area contributed by atoms with E-state index in [9.17, 15) is 5.11 Å². The zero-order valence-corrected chi connectivity index (χ0v) is 12.1. The van der Waals surface area contributed by atoms with Crippen molar-refractivity contribution >= 4 is 5.69 Å². The zero-order valence-electron chi connectivity index (χ0n) is 12.1. The summed E-state index contributed by atoms with van der Waals surface area (Å²) in [5.41, 5.74) is 2.53. The van der Waals surface area contributed by atoms with E-state index in [-0.39, 0.29) is 12.0 Å². The number of benzene rings is 1.